The Bertz CT molecular complexity index is 736. The van der Waals surface area contributed by atoms with Gasteiger partial charge in [-0.3, -0.25) is 4.99 Å². The monoisotopic (exact) mass is 480 g/mol. The lowest BCUT2D eigenvalue weighted by Gasteiger charge is -2.09. The Morgan fingerprint density at radius 2 is 2.04 bits per heavy atom. The lowest BCUT2D eigenvalue weighted by atomic mass is 10.1. The number of alkyl halides is 3. The van der Waals surface area contributed by atoms with E-state index in [0.717, 1.165) is 24.4 Å². The molecule has 26 heavy (non-hydrogen) atoms. The fourth-order valence-corrected chi connectivity index (χ4v) is 2.00. The van der Waals surface area contributed by atoms with Crippen LogP contribution in [0.2, 0.25) is 0 Å². The van der Waals surface area contributed by atoms with Crippen molar-refractivity contribution in [2.45, 2.75) is 19.5 Å². The minimum Gasteiger partial charge on any atom is -0.370 e. The largest absolute Gasteiger partial charge is 0.433 e. The van der Waals surface area contributed by atoms with E-state index in [9.17, 15) is 13.2 Å². The van der Waals surface area contributed by atoms with Gasteiger partial charge in [0.1, 0.15) is 5.69 Å². The maximum Gasteiger partial charge on any atom is 0.433 e. The molecule has 0 atom stereocenters. The SMILES string of the molecule is CCc1cccc(NC(N)=NCCNc2nccc(C(F)(F)F)n2)c1.I. The average Bonchev–Trinajstić information content (AvgIpc) is 2.58. The fourth-order valence-electron chi connectivity index (χ4n) is 2.00. The summed E-state index contributed by atoms with van der Waals surface area (Å²) >= 11 is 0. The lowest BCUT2D eigenvalue weighted by Crippen LogP contribution is -2.24. The molecule has 0 saturated carbocycles. The summed E-state index contributed by atoms with van der Waals surface area (Å²) in [5.74, 6) is 0.118. The van der Waals surface area contributed by atoms with Crippen LogP contribution in [-0.4, -0.2) is 29.0 Å². The van der Waals surface area contributed by atoms with E-state index in [1.54, 1.807) is 0 Å². The molecule has 0 fully saturated rings. The van der Waals surface area contributed by atoms with Crippen molar-refractivity contribution in [3.63, 3.8) is 0 Å². The Balaban J connectivity index is 0.00000338. The fraction of sp³-hybridized carbons (Fsp3) is 0.312. The molecule has 0 amide bonds. The molecule has 2 rings (SSSR count). The summed E-state index contributed by atoms with van der Waals surface area (Å²) in [6.07, 6.45) is -2.54. The van der Waals surface area contributed by atoms with Crippen LogP contribution in [0.5, 0.6) is 0 Å². The van der Waals surface area contributed by atoms with Gasteiger partial charge < -0.3 is 16.4 Å². The predicted octanol–water partition coefficient (Wildman–Crippen LogP) is 3.51. The second kappa shape index (κ2) is 10.1. The summed E-state index contributed by atoms with van der Waals surface area (Å²) < 4.78 is 37.7. The Hall–Kier alpha value is -2.11. The van der Waals surface area contributed by atoms with Gasteiger partial charge >= 0.3 is 6.18 Å². The Morgan fingerprint density at radius 1 is 1.27 bits per heavy atom. The van der Waals surface area contributed by atoms with Gasteiger partial charge in [0.15, 0.2) is 5.96 Å². The third-order valence-corrected chi connectivity index (χ3v) is 3.23. The van der Waals surface area contributed by atoms with Gasteiger partial charge in [0.05, 0.1) is 6.54 Å². The van der Waals surface area contributed by atoms with Crippen LogP contribution in [0, 0.1) is 0 Å². The number of nitrogens with two attached hydrogens (primary N) is 1. The van der Waals surface area contributed by atoms with Crippen LogP contribution in [0.3, 0.4) is 0 Å². The molecule has 0 spiro atoms. The standard InChI is InChI=1S/C16H19F3N6.HI/c1-2-11-4-3-5-12(10-11)24-14(20)21-8-9-23-15-22-7-6-13(25-15)16(17,18)19;/h3-7,10H,2,8-9H2,1H3,(H3,20,21,24)(H,22,23,25);1H. The Labute approximate surface area is 166 Å². The first-order valence-electron chi connectivity index (χ1n) is 7.68. The second-order valence-corrected chi connectivity index (χ2v) is 5.14. The van der Waals surface area contributed by atoms with Gasteiger partial charge in [-0.2, -0.15) is 13.2 Å². The molecule has 2 aromatic rings. The summed E-state index contributed by atoms with van der Waals surface area (Å²) in [4.78, 5) is 11.2. The number of benzene rings is 1. The molecule has 142 valence electrons. The minimum atomic E-state index is -4.50. The van der Waals surface area contributed by atoms with E-state index in [0.29, 0.717) is 0 Å². The van der Waals surface area contributed by atoms with Gasteiger partial charge in [0.2, 0.25) is 5.95 Å². The molecule has 0 aliphatic heterocycles. The number of guanidine groups is 1. The summed E-state index contributed by atoms with van der Waals surface area (Å²) in [6.45, 7) is 2.56. The van der Waals surface area contributed by atoms with Crippen LogP contribution in [0.15, 0.2) is 41.5 Å². The number of anilines is 2. The van der Waals surface area contributed by atoms with E-state index in [2.05, 4.69) is 32.5 Å². The first kappa shape index (κ1) is 21.9. The predicted molar refractivity (Wildman–Crippen MR) is 107 cm³/mol. The third kappa shape index (κ3) is 7.02. The number of nitrogens with zero attached hydrogens (tertiary/aromatic N) is 3. The molecule has 1 aromatic carbocycles. The molecule has 0 radical (unpaired) electrons. The molecule has 1 aromatic heterocycles. The van der Waals surface area contributed by atoms with Crippen LogP contribution >= 0.6 is 24.0 Å². The number of rotatable bonds is 6. The highest BCUT2D eigenvalue weighted by molar-refractivity contribution is 14.0. The topological polar surface area (TPSA) is 88.2 Å². The molecule has 0 bridgehead atoms. The number of aryl methyl sites for hydroxylation is 1. The zero-order chi connectivity index (χ0) is 18.3. The molecular formula is C16H20F3IN6. The normalized spacial score (nSPS) is 11.6. The maximum absolute atomic E-state index is 12.6. The molecule has 6 nitrogen and oxygen atoms in total. The maximum atomic E-state index is 12.6. The van der Waals surface area contributed by atoms with Crippen molar-refractivity contribution in [3.8, 4) is 0 Å². The molecular weight excluding hydrogens is 460 g/mol. The van der Waals surface area contributed by atoms with Crippen molar-refractivity contribution in [1.29, 1.82) is 0 Å². The first-order chi connectivity index (χ1) is 11.9. The van der Waals surface area contributed by atoms with Crippen molar-refractivity contribution < 1.29 is 13.2 Å². The van der Waals surface area contributed by atoms with E-state index < -0.39 is 11.9 Å². The smallest absolute Gasteiger partial charge is 0.370 e. The number of hydrogen-bond donors (Lipinski definition) is 3. The van der Waals surface area contributed by atoms with E-state index in [-0.39, 0.29) is 49.0 Å². The van der Waals surface area contributed by atoms with E-state index >= 15 is 0 Å². The number of nitrogens with one attached hydrogen (secondary N) is 2. The van der Waals surface area contributed by atoms with Gasteiger partial charge in [0, 0.05) is 18.4 Å². The highest BCUT2D eigenvalue weighted by atomic mass is 127. The van der Waals surface area contributed by atoms with Crippen LogP contribution in [0.1, 0.15) is 18.2 Å². The summed E-state index contributed by atoms with van der Waals surface area (Å²) in [5, 5.41) is 5.65. The molecule has 4 N–H and O–H groups in total. The summed E-state index contributed by atoms with van der Waals surface area (Å²) in [7, 11) is 0. The summed E-state index contributed by atoms with van der Waals surface area (Å²) in [6, 6.07) is 8.58. The summed E-state index contributed by atoms with van der Waals surface area (Å²) in [5.41, 5.74) is 6.79. The second-order valence-electron chi connectivity index (χ2n) is 5.14. The van der Waals surface area contributed by atoms with Crippen LogP contribution < -0.4 is 16.4 Å². The lowest BCUT2D eigenvalue weighted by molar-refractivity contribution is -0.141. The molecule has 1 heterocycles. The van der Waals surface area contributed by atoms with Gasteiger partial charge in [-0.15, -0.1) is 24.0 Å². The van der Waals surface area contributed by atoms with Crippen molar-refractivity contribution in [2.24, 2.45) is 10.7 Å². The van der Waals surface area contributed by atoms with Crippen LogP contribution in [0.25, 0.3) is 0 Å². The average molecular weight is 480 g/mol. The number of aromatic nitrogens is 2. The minimum absolute atomic E-state index is 0. The van der Waals surface area contributed by atoms with E-state index in [1.165, 1.54) is 5.56 Å². The van der Waals surface area contributed by atoms with E-state index in [1.807, 2.05) is 24.3 Å². The zero-order valence-electron chi connectivity index (χ0n) is 14.0. The van der Waals surface area contributed by atoms with Crippen molar-refractivity contribution in [3.05, 3.63) is 47.8 Å². The Kier molecular flexibility index (Phi) is 8.55. The number of aliphatic imine (C=N–C) groups is 1. The molecule has 0 saturated heterocycles. The molecule has 0 aliphatic carbocycles. The van der Waals surface area contributed by atoms with Crippen molar-refractivity contribution in [1.82, 2.24) is 9.97 Å². The molecule has 10 heteroatoms. The molecule has 0 aliphatic rings. The highest BCUT2D eigenvalue weighted by Gasteiger charge is 2.32. The van der Waals surface area contributed by atoms with E-state index in [4.69, 9.17) is 5.73 Å². The number of hydrogen-bond acceptors (Lipinski definition) is 4. The quantitative estimate of drug-likeness (QED) is 0.255. The number of halogens is 4. The molecule has 0 unspecified atom stereocenters. The zero-order valence-corrected chi connectivity index (χ0v) is 16.4. The van der Waals surface area contributed by atoms with Crippen molar-refractivity contribution >= 4 is 41.6 Å². The Morgan fingerprint density at radius 3 is 2.73 bits per heavy atom. The van der Waals surface area contributed by atoms with Gasteiger partial charge in [-0.1, -0.05) is 19.1 Å². The van der Waals surface area contributed by atoms with Gasteiger partial charge in [0.25, 0.3) is 0 Å². The van der Waals surface area contributed by atoms with Gasteiger partial charge in [-0.25, -0.2) is 9.97 Å². The van der Waals surface area contributed by atoms with Crippen LogP contribution in [-0.2, 0) is 12.6 Å². The van der Waals surface area contributed by atoms with Crippen molar-refractivity contribution in [2.75, 3.05) is 23.7 Å². The third-order valence-electron chi connectivity index (χ3n) is 3.23. The van der Waals surface area contributed by atoms with Crippen LogP contribution in [0.4, 0.5) is 24.8 Å². The first-order valence-corrected chi connectivity index (χ1v) is 7.68. The highest BCUT2D eigenvalue weighted by Crippen LogP contribution is 2.27. The van der Waals surface area contributed by atoms with Gasteiger partial charge in [-0.05, 0) is 30.2 Å².